The first-order valence-corrected chi connectivity index (χ1v) is 7.94. The predicted molar refractivity (Wildman–Crippen MR) is 95.9 cm³/mol. The lowest BCUT2D eigenvalue weighted by molar-refractivity contribution is 0.0976. The Morgan fingerprint density at radius 2 is 1.52 bits per heavy atom. The summed E-state index contributed by atoms with van der Waals surface area (Å²) in [6.45, 7) is 1.80. The number of benzene rings is 3. The molecule has 1 aliphatic carbocycles. The van der Waals surface area contributed by atoms with Crippen LogP contribution in [-0.2, 0) is 0 Å². The standard InChI is InChI=1S/C21H15NO3/c1-12-10-14(22-13-6-3-2-4-7-13)11-16-18(12)21(25)19-15(20(16)24)8-5-9-17(19)23/h2-11,22-23H,1H3. The zero-order chi connectivity index (χ0) is 17.6. The first-order chi connectivity index (χ1) is 12.1. The molecule has 1 aliphatic rings. The molecular formula is C21H15NO3. The van der Waals surface area contributed by atoms with Crippen LogP contribution in [0.25, 0.3) is 0 Å². The minimum absolute atomic E-state index is 0.0897. The molecule has 0 saturated carbocycles. The van der Waals surface area contributed by atoms with Gasteiger partial charge in [0.15, 0.2) is 11.6 Å². The monoisotopic (exact) mass is 329 g/mol. The number of phenols is 1. The molecule has 3 aromatic rings. The summed E-state index contributed by atoms with van der Waals surface area (Å²) in [6, 6.07) is 17.7. The van der Waals surface area contributed by atoms with E-state index in [1.807, 2.05) is 36.4 Å². The number of carbonyl (C=O) groups is 2. The highest BCUT2D eigenvalue weighted by Gasteiger charge is 2.33. The van der Waals surface area contributed by atoms with Gasteiger partial charge in [-0.1, -0.05) is 30.3 Å². The van der Waals surface area contributed by atoms with Crippen molar-refractivity contribution in [3.8, 4) is 5.75 Å². The van der Waals surface area contributed by atoms with Gasteiger partial charge in [-0.05, 0) is 42.8 Å². The molecule has 25 heavy (non-hydrogen) atoms. The highest BCUT2D eigenvalue weighted by molar-refractivity contribution is 6.30. The zero-order valence-corrected chi connectivity index (χ0v) is 13.5. The number of fused-ring (bicyclic) bond motifs is 2. The molecule has 0 atom stereocenters. The number of phenolic OH excluding ortho intramolecular Hbond substituents is 1. The highest BCUT2D eigenvalue weighted by atomic mass is 16.3. The molecule has 4 rings (SSSR count). The van der Waals surface area contributed by atoms with Crippen LogP contribution in [0.1, 0.15) is 37.4 Å². The number of aromatic hydroxyl groups is 1. The van der Waals surface area contributed by atoms with E-state index in [1.54, 1.807) is 25.1 Å². The van der Waals surface area contributed by atoms with Crippen molar-refractivity contribution < 1.29 is 14.7 Å². The van der Waals surface area contributed by atoms with Crippen molar-refractivity contribution in [2.45, 2.75) is 6.92 Å². The number of ketones is 2. The first kappa shape index (κ1) is 15.1. The largest absolute Gasteiger partial charge is 0.507 e. The third kappa shape index (κ3) is 2.39. The molecule has 122 valence electrons. The molecule has 0 aromatic heterocycles. The Labute approximate surface area is 144 Å². The minimum atomic E-state index is -0.313. The van der Waals surface area contributed by atoms with E-state index >= 15 is 0 Å². The van der Waals surface area contributed by atoms with E-state index in [-0.39, 0.29) is 28.4 Å². The average molecular weight is 329 g/mol. The molecule has 0 spiro atoms. The Morgan fingerprint density at radius 3 is 2.28 bits per heavy atom. The van der Waals surface area contributed by atoms with Crippen LogP contribution in [0, 0.1) is 6.92 Å². The maximum Gasteiger partial charge on any atom is 0.198 e. The first-order valence-electron chi connectivity index (χ1n) is 7.94. The summed E-state index contributed by atoms with van der Waals surface area (Å²) in [5, 5.41) is 13.3. The van der Waals surface area contributed by atoms with E-state index in [2.05, 4.69) is 5.32 Å². The van der Waals surface area contributed by atoms with Crippen molar-refractivity contribution in [3.05, 3.63) is 88.5 Å². The smallest absolute Gasteiger partial charge is 0.198 e. The van der Waals surface area contributed by atoms with Crippen LogP contribution in [0.2, 0.25) is 0 Å². The number of hydrogen-bond donors (Lipinski definition) is 2. The average Bonchev–Trinajstić information content (AvgIpc) is 2.60. The van der Waals surface area contributed by atoms with Crippen LogP contribution in [0.3, 0.4) is 0 Å². The van der Waals surface area contributed by atoms with Gasteiger partial charge in [-0.3, -0.25) is 9.59 Å². The molecule has 2 N–H and O–H groups in total. The van der Waals surface area contributed by atoms with E-state index in [9.17, 15) is 14.7 Å². The second kappa shape index (κ2) is 5.60. The lowest BCUT2D eigenvalue weighted by Gasteiger charge is -2.21. The van der Waals surface area contributed by atoms with Gasteiger partial charge in [0.2, 0.25) is 0 Å². The van der Waals surface area contributed by atoms with Crippen molar-refractivity contribution in [2.24, 2.45) is 0 Å². The quantitative estimate of drug-likeness (QED) is 0.578. The Balaban J connectivity index is 1.85. The number of para-hydroxylation sites is 1. The molecule has 4 heteroatoms. The summed E-state index contributed by atoms with van der Waals surface area (Å²) in [5.41, 5.74) is 3.39. The molecule has 0 saturated heterocycles. The van der Waals surface area contributed by atoms with E-state index in [0.717, 1.165) is 11.4 Å². The van der Waals surface area contributed by atoms with Gasteiger partial charge < -0.3 is 10.4 Å². The Morgan fingerprint density at radius 1 is 0.760 bits per heavy atom. The minimum Gasteiger partial charge on any atom is -0.507 e. The maximum atomic E-state index is 12.9. The fraction of sp³-hybridized carbons (Fsp3) is 0.0476. The second-order valence-corrected chi connectivity index (χ2v) is 6.06. The van der Waals surface area contributed by atoms with Gasteiger partial charge in [0.1, 0.15) is 5.75 Å². The third-order valence-corrected chi connectivity index (χ3v) is 4.38. The summed E-state index contributed by atoms with van der Waals surface area (Å²) in [5.74, 6) is -0.723. The van der Waals surface area contributed by atoms with Gasteiger partial charge >= 0.3 is 0 Å². The van der Waals surface area contributed by atoms with Gasteiger partial charge in [-0.25, -0.2) is 0 Å². The van der Waals surface area contributed by atoms with E-state index < -0.39 is 0 Å². The Bertz CT molecular complexity index is 1020. The van der Waals surface area contributed by atoms with Crippen LogP contribution in [0.4, 0.5) is 11.4 Å². The van der Waals surface area contributed by atoms with E-state index in [1.165, 1.54) is 6.07 Å². The highest BCUT2D eigenvalue weighted by Crippen LogP contribution is 2.35. The predicted octanol–water partition coefficient (Wildman–Crippen LogP) is 4.22. The SMILES string of the molecule is Cc1cc(Nc2ccccc2)cc2c1C(=O)c1c(O)cccc1C2=O. The van der Waals surface area contributed by atoms with Crippen LogP contribution < -0.4 is 5.32 Å². The van der Waals surface area contributed by atoms with Gasteiger partial charge in [-0.2, -0.15) is 0 Å². The number of hydrogen-bond acceptors (Lipinski definition) is 4. The Hall–Kier alpha value is -3.40. The molecule has 0 radical (unpaired) electrons. The number of nitrogens with one attached hydrogen (secondary N) is 1. The topological polar surface area (TPSA) is 66.4 Å². The van der Waals surface area contributed by atoms with Crippen LogP contribution in [0.15, 0.2) is 60.7 Å². The van der Waals surface area contributed by atoms with Crippen molar-refractivity contribution in [1.29, 1.82) is 0 Å². The van der Waals surface area contributed by atoms with Crippen molar-refractivity contribution in [1.82, 2.24) is 0 Å². The van der Waals surface area contributed by atoms with Crippen molar-refractivity contribution >= 4 is 22.9 Å². The summed E-state index contributed by atoms with van der Waals surface area (Å²) in [6.07, 6.45) is 0. The molecular weight excluding hydrogens is 314 g/mol. The molecule has 4 nitrogen and oxygen atoms in total. The summed E-state index contributed by atoms with van der Waals surface area (Å²) >= 11 is 0. The Kier molecular flexibility index (Phi) is 3.39. The summed E-state index contributed by atoms with van der Waals surface area (Å²) in [4.78, 5) is 25.7. The van der Waals surface area contributed by atoms with E-state index in [0.29, 0.717) is 16.7 Å². The van der Waals surface area contributed by atoms with Gasteiger partial charge in [0.25, 0.3) is 0 Å². The molecule has 3 aromatic carbocycles. The number of rotatable bonds is 2. The molecule has 0 bridgehead atoms. The molecule has 0 unspecified atom stereocenters. The summed E-state index contributed by atoms with van der Waals surface area (Å²) in [7, 11) is 0. The normalized spacial score (nSPS) is 12.5. The van der Waals surface area contributed by atoms with E-state index in [4.69, 9.17) is 0 Å². The van der Waals surface area contributed by atoms with Crippen molar-refractivity contribution in [3.63, 3.8) is 0 Å². The number of aryl methyl sites for hydroxylation is 1. The summed E-state index contributed by atoms with van der Waals surface area (Å²) < 4.78 is 0. The van der Waals surface area contributed by atoms with Crippen LogP contribution in [0.5, 0.6) is 5.75 Å². The van der Waals surface area contributed by atoms with Crippen LogP contribution in [-0.4, -0.2) is 16.7 Å². The van der Waals surface area contributed by atoms with Gasteiger partial charge in [-0.15, -0.1) is 0 Å². The zero-order valence-electron chi connectivity index (χ0n) is 13.5. The fourth-order valence-corrected chi connectivity index (χ4v) is 3.27. The second-order valence-electron chi connectivity index (χ2n) is 6.06. The molecule has 0 amide bonds. The molecule has 0 aliphatic heterocycles. The molecule has 0 heterocycles. The lowest BCUT2D eigenvalue weighted by atomic mass is 9.81. The fourth-order valence-electron chi connectivity index (χ4n) is 3.27. The maximum absolute atomic E-state index is 12.9. The third-order valence-electron chi connectivity index (χ3n) is 4.38. The van der Waals surface area contributed by atoms with Crippen LogP contribution >= 0.6 is 0 Å². The number of anilines is 2. The van der Waals surface area contributed by atoms with Crippen molar-refractivity contribution in [2.75, 3.05) is 5.32 Å². The lowest BCUT2D eigenvalue weighted by Crippen LogP contribution is -2.22. The number of carbonyl (C=O) groups excluding carboxylic acids is 2. The molecule has 0 fully saturated rings. The van der Waals surface area contributed by atoms with Gasteiger partial charge in [0, 0.05) is 28.1 Å². The van der Waals surface area contributed by atoms with Gasteiger partial charge in [0.05, 0.1) is 5.56 Å².